The molecule has 0 bridgehead atoms. The first-order valence-electron chi connectivity index (χ1n) is 5.68. The van der Waals surface area contributed by atoms with Crippen LogP contribution in [0.1, 0.15) is 11.6 Å². The summed E-state index contributed by atoms with van der Waals surface area (Å²) in [7, 11) is 0. The summed E-state index contributed by atoms with van der Waals surface area (Å²) < 4.78 is 26.8. The molecule has 2 aromatic rings. The van der Waals surface area contributed by atoms with E-state index in [0.717, 1.165) is 18.2 Å². The summed E-state index contributed by atoms with van der Waals surface area (Å²) in [5, 5.41) is 12.8. The average Bonchev–Trinajstić information content (AvgIpc) is 2.41. The third-order valence-corrected chi connectivity index (χ3v) is 2.95. The first kappa shape index (κ1) is 13.8. The van der Waals surface area contributed by atoms with Gasteiger partial charge in [0.25, 0.3) is 0 Å². The topological polar surface area (TPSA) is 32.3 Å². The van der Waals surface area contributed by atoms with Gasteiger partial charge in [-0.2, -0.15) is 0 Å². The van der Waals surface area contributed by atoms with Gasteiger partial charge < -0.3 is 10.4 Å². The van der Waals surface area contributed by atoms with E-state index in [-0.39, 0.29) is 12.2 Å². The van der Waals surface area contributed by atoms with E-state index >= 15 is 0 Å². The predicted molar refractivity (Wildman–Crippen MR) is 71.3 cm³/mol. The minimum Gasteiger partial charge on any atom is -0.394 e. The van der Waals surface area contributed by atoms with Crippen molar-refractivity contribution >= 4 is 17.3 Å². The largest absolute Gasteiger partial charge is 0.394 e. The highest BCUT2D eigenvalue weighted by molar-refractivity contribution is 6.30. The van der Waals surface area contributed by atoms with Crippen LogP contribution in [0.2, 0.25) is 5.02 Å². The quantitative estimate of drug-likeness (QED) is 0.895. The molecule has 0 saturated carbocycles. The zero-order chi connectivity index (χ0) is 13.8. The fourth-order valence-electron chi connectivity index (χ4n) is 1.75. The molecule has 2 nitrogen and oxygen atoms in total. The van der Waals surface area contributed by atoms with E-state index in [1.54, 1.807) is 24.3 Å². The second-order valence-electron chi connectivity index (χ2n) is 4.05. The number of aliphatic hydroxyl groups is 1. The first-order valence-corrected chi connectivity index (χ1v) is 6.06. The maximum absolute atomic E-state index is 13.6. The number of anilines is 1. The molecule has 0 aromatic heterocycles. The highest BCUT2D eigenvalue weighted by atomic mass is 35.5. The van der Waals surface area contributed by atoms with Crippen molar-refractivity contribution in [3.05, 3.63) is 64.7 Å². The Hall–Kier alpha value is -1.65. The van der Waals surface area contributed by atoms with Gasteiger partial charge >= 0.3 is 0 Å². The van der Waals surface area contributed by atoms with Gasteiger partial charge in [-0.15, -0.1) is 0 Å². The SMILES string of the molecule is OCC(Nc1ccc(Cl)cc1)c1cc(F)ccc1F. The molecule has 0 heterocycles. The molecule has 2 rings (SSSR count). The van der Waals surface area contributed by atoms with Crippen molar-refractivity contribution in [2.75, 3.05) is 11.9 Å². The zero-order valence-corrected chi connectivity index (χ0v) is 10.7. The van der Waals surface area contributed by atoms with Crippen LogP contribution in [0.3, 0.4) is 0 Å². The van der Waals surface area contributed by atoms with Gasteiger partial charge in [0.15, 0.2) is 0 Å². The third kappa shape index (κ3) is 3.43. The molecule has 0 aliphatic rings. The number of rotatable bonds is 4. The lowest BCUT2D eigenvalue weighted by atomic mass is 10.1. The Labute approximate surface area is 114 Å². The fraction of sp³-hybridized carbons (Fsp3) is 0.143. The number of nitrogens with one attached hydrogen (secondary N) is 1. The Kier molecular flexibility index (Phi) is 4.35. The summed E-state index contributed by atoms with van der Waals surface area (Å²) in [5.74, 6) is -1.12. The summed E-state index contributed by atoms with van der Waals surface area (Å²) in [6.45, 7) is -0.358. The molecule has 1 unspecified atom stereocenters. The highest BCUT2D eigenvalue weighted by Gasteiger charge is 2.15. The van der Waals surface area contributed by atoms with Gasteiger partial charge in [-0.25, -0.2) is 8.78 Å². The van der Waals surface area contributed by atoms with Crippen LogP contribution >= 0.6 is 11.6 Å². The number of hydrogen-bond acceptors (Lipinski definition) is 2. The molecule has 0 amide bonds. The van der Waals surface area contributed by atoms with Gasteiger partial charge in [-0.05, 0) is 42.5 Å². The Morgan fingerprint density at radius 3 is 2.42 bits per heavy atom. The monoisotopic (exact) mass is 283 g/mol. The Morgan fingerprint density at radius 1 is 1.11 bits per heavy atom. The van der Waals surface area contributed by atoms with E-state index in [1.807, 2.05) is 0 Å². The Balaban J connectivity index is 2.24. The molecular formula is C14H12ClF2NO. The van der Waals surface area contributed by atoms with E-state index in [9.17, 15) is 13.9 Å². The van der Waals surface area contributed by atoms with Crippen molar-refractivity contribution in [3.8, 4) is 0 Å². The zero-order valence-electron chi connectivity index (χ0n) is 9.91. The molecule has 0 spiro atoms. The van der Waals surface area contributed by atoms with Crippen LogP contribution < -0.4 is 5.32 Å². The molecule has 0 radical (unpaired) electrons. The van der Waals surface area contributed by atoms with E-state index in [2.05, 4.69) is 5.32 Å². The molecule has 0 fully saturated rings. The first-order chi connectivity index (χ1) is 9.10. The van der Waals surface area contributed by atoms with Crippen molar-refractivity contribution in [1.82, 2.24) is 0 Å². The second-order valence-corrected chi connectivity index (χ2v) is 4.49. The van der Waals surface area contributed by atoms with E-state index in [0.29, 0.717) is 10.7 Å². The maximum atomic E-state index is 13.6. The van der Waals surface area contributed by atoms with Crippen LogP contribution in [-0.2, 0) is 0 Å². The molecule has 0 aliphatic heterocycles. The number of hydrogen-bond donors (Lipinski definition) is 2. The van der Waals surface area contributed by atoms with Crippen molar-refractivity contribution in [3.63, 3.8) is 0 Å². The third-order valence-electron chi connectivity index (χ3n) is 2.70. The number of aliphatic hydroxyl groups excluding tert-OH is 1. The molecule has 19 heavy (non-hydrogen) atoms. The molecular weight excluding hydrogens is 272 g/mol. The minimum absolute atomic E-state index is 0.0810. The van der Waals surface area contributed by atoms with Crippen molar-refractivity contribution in [2.45, 2.75) is 6.04 Å². The number of benzene rings is 2. The van der Waals surface area contributed by atoms with Crippen LogP contribution in [0.15, 0.2) is 42.5 Å². The standard InChI is InChI=1S/C14H12ClF2NO/c15-9-1-4-11(5-2-9)18-14(8-19)12-7-10(16)3-6-13(12)17/h1-7,14,18-19H,8H2. The summed E-state index contributed by atoms with van der Waals surface area (Å²) >= 11 is 5.76. The Morgan fingerprint density at radius 2 is 1.79 bits per heavy atom. The lowest BCUT2D eigenvalue weighted by Gasteiger charge is -2.18. The molecule has 2 N–H and O–H groups in total. The molecule has 1 atom stereocenters. The molecule has 0 aliphatic carbocycles. The lowest BCUT2D eigenvalue weighted by molar-refractivity contribution is 0.273. The van der Waals surface area contributed by atoms with Gasteiger partial charge in [0, 0.05) is 16.3 Å². The summed E-state index contributed by atoms with van der Waals surface area (Å²) in [6.07, 6.45) is 0. The average molecular weight is 284 g/mol. The van der Waals surface area contributed by atoms with Gasteiger partial charge in [0.1, 0.15) is 11.6 Å². The van der Waals surface area contributed by atoms with Crippen LogP contribution in [-0.4, -0.2) is 11.7 Å². The lowest BCUT2D eigenvalue weighted by Crippen LogP contribution is -2.16. The van der Waals surface area contributed by atoms with Crippen molar-refractivity contribution < 1.29 is 13.9 Å². The van der Waals surface area contributed by atoms with Crippen LogP contribution in [0, 0.1) is 11.6 Å². The minimum atomic E-state index is -0.725. The highest BCUT2D eigenvalue weighted by Crippen LogP contribution is 2.23. The van der Waals surface area contributed by atoms with Gasteiger partial charge in [0.2, 0.25) is 0 Å². The fourth-order valence-corrected chi connectivity index (χ4v) is 1.88. The van der Waals surface area contributed by atoms with Gasteiger partial charge in [-0.1, -0.05) is 11.6 Å². The normalized spacial score (nSPS) is 12.2. The van der Waals surface area contributed by atoms with Crippen molar-refractivity contribution in [1.29, 1.82) is 0 Å². The van der Waals surface area contributed by atoms with Crippen LogP contribution in [0.25, 0.3) is 0 Å². The summed E-state index contributed by atoms with van der Waals surface area (Å²) in [5.41, 5.74) is 0.740. The molecule has 0 saturated heterocycles. The van der Waals surface area contributed by atoms with E-state index < -0.39 is 17.7 Å². The van der Waals surface area contributed by atoms with Crippen molar-refractivity contribution in [2.24, 2.45) is 0 Å². The summed E-state index contributed by atoms with van der Waals surface area (Å²) in [6, 6.07) is 9.15. The smallest absolute Gasteiger partial charge is 0.128 e. The second kappa shape index (κ2) is 5.99. The van der Waals surface area contributed by atoms with Gasteiger partial charge in [0.05, 0.1) is 12.6 Å². The maximum Gasteiger partial charge on any atom is 0.128 e. The van der Waals surface area contributed by atoms with E-state index in [4.69, 9.17) is 11.6 Å². The van der Waals surface area contributed by atoms with Crippen LogP contribution in [0.5, 0.6) is 0 Å². The summed E-state index contributed by atoms with van der Waals surface area (Å²) in [4.78, 5) is 0. The Bertz CT molecular complexity index is 560. The predicted octanol–water partition coefficient (Wildman–Crippen LogP) is 3.76. The number of halogens is 3. The molecule has 5 heteroatoms. The van der Waals surface area contributed by atoms with Gasteiger partial charge in [-0.3, -0.25) is 0 Å². The molecule has 2 aromatic carbocycles. The van der Waals surface area contributed by atoms with Crippen LogP contribution in [0.4, 0.5) is 14.5 Å². The van der Waals surface area contributed by atoms with E-state index in [1.165, 1.54) is 0 Å². The molecule has 100 valence electrons.